The maximum atomic E-state index is 12.1. The van der Waals surface area contributed by atoms with E-state index in [0.29, 0.717) is 16.7 Å². The molecule has 5 nitrogen and oxygen atoms in total. The first-order valence-corrected chi connectivity index (χ1v) is 8.51. The Morgan fingerprint density at radius 2 is 1.88 bits per heavy atom. The molecule has 26 heavy (non-hydrogen) atoms. The number of thioether (sulfide) groups is 1. The lowest BCUT2D eigenvalue weighted by molar-refractivity contribution is -0.274. The number of rotatable bonds is 6. The van der Waals surface area contributed by atoms with Crippen molar-refractivity contribution in [2.75, 3.05) is 5.32 Å². The molecule has 0 atom stereocenters. The zero-order valence-electron chi connectivity index (χ0n) is 13.6. The number of ether oxygens (including phenoxy) is 1. The molecule has 0 saturated carbocycles. The third kappa shape index (κ3) is 5.41. The highest BCUT2D eigenvalue weighted by Gasteiger charge is 2.30. The summed E-state index contributed by atoms with van der Waals surface area (Å²) in [7, 11) is 0. The average Bonchev–Trinajstić information content (AvgIpc) is 3.01. The standard InChI is InChI=1S/C17H14F3N3O2S/c1-11-3-2-4-12(9-11)10-26-16-23-22-15(24-16)21-13-5-7-14(8-6-13)25-17(18,19)20/h2-9H,10H2,1H3,(H,21,22). The van der Waals surface area contributed by atoms with Crippen LogP contribution in [0.1, 0.15) is 11.1 Å². The predicted octanol–water partition coefficient (Wildman–Crippen LogP) is 5.31. The van der Waals surface area contributed by atoms with Crippen LogP contribution in [-0.2, 0) is 5.75 Å². The van der Waals surface area contributed by atoms with Crippen LogP contribution in [0.2, 0.25) is 0 Å². The number of aromatic nitrogens is 2. The Balaban J connectivity index is 1.56. The molecule has 0 spiro atoms. The third-order valence-corrected chi connectivity index (χ3v) is 4.08. The topological polar surface area (TPSA) is 60.2 Å². The molecule has 1 heterocycles. The zero-order chi connectivity index (χ0) is 18.6. The zero-order valence-corrected chi connectivity index (χ0v) is 14.4. The average molecular weight is 381 g/mol. The van der Waals surface area contributed by atoms with Gasteiger partial charge in [-0.05, 0) is 36.8 Å². The van der Waals surface area contributed by atoms with Gasteiger partial charge in [-0.1, -0.05) is 51.8 Å². The van der Waals surface area contributed by atoms with Gasteiger partial charge in [0.05, 0.1) is 0 Å². The van der Waals surface area contributed by atoms with Crippen LogP contribution in [0.25, 0.3) is 0 Å². The fraction of sp³-hybridized carbons (Fsp3) is 0.176. The Kier molecular flexibility index (Phi) is 5.36. The number of anilines is 2. The minimum Gasteiger partial charge on any atom is -0.406 e. The maximum Gasteiger partial charge on any atom is 0.573 e. The molecule has 0 saturated heterocycles. The fourth-order valence-electron chi connectivity index (χ4n) is 2.13. The number of halogens is 3. The van der Waals surface area contributed by atoms with E-state index in [-0.39, 0.29) is 11.8 Å². The summed E-state index contributed by atoms with van der Waals surface area (Å²) in [4.78, 5) is 0. The second-order valence-corrected chi connectivity index (χ2v) is 6.27. The molecule has 136 valence electrons. The first-order valence-electron chi connectivity index (χ1n) is 7.52. The summed E-state index contributed by atoms with van der Waals surface area (Å²) < 4.78 is 45.7. The van der Waals surface area contributed by atoms with Crippen molar-refractivity contribution in [1.29, 1.82) is 0 Å². The van der Waals surface area contributed by atoms with Gasteiger partial charge in [0.2, 0.25) is 0 Å². The normalized spacial score (nSPS) is 11.4. The summed E-state index contributed by atoms with van der Waals surface area (Å²) in [5.74, 6) is 0.384. The first kappa shape index (κ1) is 18.1. The lowest BCUT2D eigenvalue weighted by Gasteiger charge is -2.09. The smallest absolute Gasteiger partial charge is 0.406 e. The van der Waals surface area contributed by atoms with Crippen molar-refractivity contribution < 1.29 is 22.3 Å². The molecule has 0 amide bonds. The highest BCUT2D eigenvalue weighted by Crippen LogP contribution is 2.27. The number of aryl methyl sites for hydroxylation is 1. The summed E-state index contributed by atoms with van der Waals surface area (Å²) in [6.07, 6.45) is -4.72. The minimum atomic E-state index is -4.72. The Bertz CT molecular complexity index is 866. The van der Waals surface area contributed by atoms with Gasteiger partial charge in [-0.15, -0.1) is 13.2 Å². The van der Waals surface area contributed by atoms with Gasteiger partial charge in [-0.25, -0.2) is 0 Å². The molecule has 0 bridgehead atoms. The Hall–Kier alpha value is -2.68. The van der Waals surface area contributed by atoms with Crippen molar-refractivity contribution in [2.45, 2.75) is 24.3 Å². The van der Waals surface area contributed by atoms with E-state index in [1.165, 1.54) is 41.6 Å². The molecule has 1 N–H and O–H groups in total. The second-order valence-electron chi connectivity index (χ2n) is 5.35. The SMILES string of the molecule is Cc1cccc(CSc2nnc(Nc3ccc(OC(F)(F)F)cc3)o2)c1. The Labute approximate surface area is 151 Å². The van der Waals surface area contributed by atoms with Crippen LogP contribution in [0.4, 0.5) is 24.9 Å². The number of hydrogen-bond donors (Lipinski definition) is 1. The second kappa shape index (κ2) is 7.69. The molecule has 0 aliphatic rings. The fourth-order valence-corrected chi connectivity index (χ4v) is 2.84. The van der Waals surface area contributed by atoms with Crippen molar-refractivity contribution in [1.82, 2.24) is 10.2 Å². The molecule has 0 radical (unpaired) electrons. The van der Waals surface area contributed by atoms with E-state index in [4.69, 9.17) is 4.42 Å². The summed E-state index contributed by atoms with van der Waals surface area (Å²) in [5, 5.41) is 11.0. The monoisotopic (exact) mass is 381 g/mol. The number of hydrogen-bond acceptors (Lipinski definition) is 6. The summed E-state index contributed by atoms with van der Waals surface area (Å²) in [6.45, 7) is 2.02. The highest BCUT2D eigenvalue weighted by molar-refractivity contribution is 7.98. The van der Waals surface area contributed by atoms with Crippen molar-refractivity contribution in [3.63, 3.8) is 0 Å². The first-order chi connectivity index (χ1) is 12.4. The van der Waals surface area contributed by atoms with Gasteiger partial charge in [-0.3, -0.25) is 0 Å². The van der Waals surface area contributed by atoms with Crippen LogP contribution >= 0.6 is 11.8 Å². The number of benzene rings is 2. The quantitative estimate of drug-likeness (QED) is 0.584. The number of nitrogens with one attached hydrogen (secondary N) is 1. The Morgan fingerprint density at radius 1 is 1.12 bits per heavy atom. The van der Waals surface area contributed by atoms with E-state index in [1.54, 1.807) is 0 Å². The molecule has 0 fully saturated rings. The van der Waals surface area contributed by atoms with Crippen molar-refractivity contribution in [3.05, 3.63) is 59.7 Å². The van der Waals surface area contributed by atoms with E-state index in [1.807, 2.05) is 25.1 Å². The van der Waals surface area contributed by atoms with Gasteiger partial charge >= 0.3 is 12.4 Å². The molecular weight excluding hydrogens is 367 g/mol. The molecule has 0 aliphatic heterocycles. The van der Waals surface area contributed by atoms with Crippen molar-refractivity contribution in [3.8, 4) is 5.75 Å². The molecule has 3 aromatic rings. The maximum absolute atomic E-state index is 12.1. The van der Waals surface area contributed by atoms with Gasteiger partial charge in [0.15, 0.2) is 0 Å². The molecule has 3 rings (SSSR count). The number of alkyl halides is 3. The van der Waals surface area contributed by atoms with Crippen LogP contribution in [0, 0.1) is 6.92 Å². The van der Waals surface area contributed by atoms with Crippen molar-refractivity contribution >= 4 is 23.5 Å². The molecular formula is C17H14F3N3O2S. The molecule has 0 unspecified atom stereocenters. The van der Waals surface area contributed by atoms with Crippen LogP contribution in [0.5, 0.6) is 5.75 Å². The van der Waals surface area contributed by atoms with Crippen molar-refractivity contribution in [2.24, 2.45) is 0 Å². The van der Waals surface area contributed by atoms with Gasteiger partial charge in [0.25, 0.3) is 5.22 Å². The Morgan fingerprint density at radius 3 is 2.58 bits per heavy atom. The molecule has 2 aromatic carbocycles. The van der Waals surface area contributed by atoms with Crippen LogP contribution in [0.3, 0.4) is 0 Å². The predicted molar refractivity (Wildman–Crippen MR) is 91.4 cm³/mol. The van der Waals surface area contributed by atoms with E-state index in [0.717, 1.165) is 5.56 Å². The highest BCUT2D eigenvalue weighted by atomic mass is 32.2. The van der Waals surface area contributed by atoms with E-state index in [9.17, 15) is 13.2 Å². The summed E-state index contributed by atoms with van der Waals surface area (Å²) >= 11 is 1.40. The van der Waals surface area contributed by atoms with Crippen LogP contribution in [-0.4, -0.2) is 16.6 Å². The summed E-state index contributed by atoms with van der Waals surface area (Å²) in [5.41, 5.74) is 2.82. The molecule has 0 aliphatic carbocycles. The van der Waals surface area contributed by atoms with Gasteiger partial charge in [-0.2, -0.15) is 0 Å². The van der Waals surface area contributed by atoms with E-state index < -0.39 is 6.36 Å². The van der Waals surface area contributed by atoms with Gasteiger partial charge in [0.1, 0.15) is 5.75 Å². The largest absolute Gasteiger partial charge is 0.573 e. The minimum absolute atomic E-state index is 0.154. The van der Waals surface area contributed by atoms with Crippen LogP contribution < -0.4 is 10.1 Å². The lowest BCUT2D eigenvalue weighted by atomic mass is 10.2. The third-order valence-electron chi connectivity index (χ3n) is 3.19. The lowest BCUT2D eigenvalue weighted by Crippen LogP contribution is -2.16. The van der Waals surface area contributed by atoms with E-state index >= 15 is 0 Å². The summed E-state index contributed by atoms with van der Waals surface area (Å²) in [6, 6.07) is 13.5. The van der Waals surface area contributed by atoms with Gasteiger partial charge in [0, 0.05) is 11.4 Å². The number of nitrogens with zero attached hydrogens (tertiary/aromatic N) is 2. The van der Waals surface area contributed by atoms with Gasteiger partial charge < -0.3 is 14.5 Å². The molecule has 9 heteroatoms. The van der Waals surface area contributed by atoms with Crippen LogP contribution in [0.15, 0.2) is 58.2 Å². The van der Waals surface area contributed by atoms with E-state index in [2.05, 4.69) is 26.3 Å². The molecule has 1 aromatic heterocycles.